The fourth-order valence-corrected chi connectivity index (χ4v) is 1.56. The fraction of sp³-hybridized carbons (Fsp3) is 1.00. The van der Waals surface area contributed by atoms with E-state index in [1.54, 1.807) is 14.2 Å². The zero-order chi connectivity index (χ0) is 9.03. The van der Waals surface area contributed by atoms with Crippen molar-refractivity contribution in [3.63, 3.8) is 0 Å². The van der Waals surface area contributed by atoms with E-state index in [0.717, 1.165) is 6.42 Å². The van der Waals surface area contributed by atoms with Crippen molar-refractivity contribution in [1.82, 2.24) is 0 Å². The van der Waals surface area contributed by atoms with Gasteiger partial charge in [0.15, 0.2) is 0 Å². The maximum absolute atomic E-state index is 5.76. The largest absolute Gasteiger partial charge is 0.382 e. The molecule has 12 heavy (non-hydrogen) atoms. The van der Waals surface area contributed by atoms with Crippen molar-refractivity contribution in [1.29, 1.82) is 0 Å². The molecule has 1 heterocycles. The SMILES string of the molecule is [B][C@H]1COCC(COC)(OC)C1. The van der Waals surface area contributed by atoms with Gasteiger partial charge in [0.25, 0.3) is 0 Å². The molecule has 1 aliphatic rings. The third-order valence-corrected chi connectivity index (χ3v) is 2.17. The Balaban J connectivity index is 2.51. The zero-order valence-electron chi connectivity index (χ0n) is 7.71. The third-order valence-electron chi connectivity index (χ3n) is 2.17. The summed E-state index contributed by atoms with van der Waals surface area (Å²) in [7, 11) is 9.08. The van der Waals surface area contributed by atoms with Crippen LogP contribution in [0.3, 0.4) is 0 Å². The van der Waals surface area contributed by atoms with Crippen LogP contribution in [0.25, 0.3) is 0 Å². The molecule has 0 amide bonds. The van der Waals surface area contributed by atoms with Crippen LogP contribution >= 0.6 is 0 Å². The molecule has 68 valence electrons. The monoisotopic (exact) mass is 170 g/mol. The molecule has 0 N–H and O–H groups in total. The lowest BCUT2D eigenvalue weighted by Crippen LogP contribution is -2.46. The Labute approximate surface area is 74.8 Å². The maximum Gasteiger partial charge on any atom is 0.114 e. The smallest absolute Gasteiger partial charge is 0.114 e. The topological polar surface area (TPSA) is 27.7 Å². The lowest BCUT2D eigenvalue weighted by molar-refractivity contribution is -0.138. The summed E-state index contributed by atoms with van der Waals surface area (Å²) >= 11 is 0. The van der Waals surface area contributed by atoms with E-state index in [1.165, 1.54) is 0 Å². The highest BCUT2D eigenvalue weighted by Crippen LogP contribution is 2.28. The Kier molecular flexibility index (Phi) is 3.56. The van der Waals surface area contributed by atoms with Crippen LogP contribution in [0.15, 0.2) is 0 Å². The molecule has 1 saturated heterocycles. The van der Waals surface area contributed by atoms with E-state index in [4.69, 9.17) is 22.1 Å². The summed E-state index contributed by atoms with van der Waals surface area (Å²) < 4.78 is 15.7. The molecule has 1 fully saturated rings. The molecule has 2 atom stereocenters. The van der Waals surface area contributed by atoms with Crippen molar-refractivity contribution in [2.75, 3.05) is 34.0 Å². The number of ether oxygens (including phenoxy) is 3. The summed E-state index contributed by atoms with van der Waals surface area (Å²) in [6, 6.07) is 0. The summed E-state index contributed by atoms with van der Waals surface area (Å²) in [6.45, 7) is 1.73. The van der Waals surface area contributed by atoms with E-state index in [1.807, 2.05) is 0 Å². The molecule has 4 heteroatoms. The molecule has 0 spiro atoms. The van der Waals surface area contributed by atoms with Crippen LogP contribution in [0.4, 0.5) is 0 Å². The molecule has 0 aliphatic carbocycles. The van der Waals surface area contributed by atoms with Crippen LogP contribution in [-0.4, -0.2) is 47.5 Å². The van der Waals surface area contributed by atoms with Crippen molar-refractivity contribution in [3.05, 3.63) is 0 Å². The molecule has 0 saturated carbocycles. The van der Waals surface area contributed by atoms with E-state index in [9.17, 15) is 0 Å². The first kappa shape index (κ1) is 10.0. The van der Waals surface area contributed by atoms with Crippen LogP contribution in [-0.2, 0) is 14.2 Å². The van der Waals surface area contributed by atoms with Crippen molar-refractivity contribution in [3.8, 4) is 0 Å². The average Bonchev–Trinajstić information content (AvgIpc) is 2.05. The normalized spacial score (nSPS) is 36.7. The molecule has 1 aliphatic heterocycles. The Hall–Kier alpha value is -0.0551. The van der Waals surface area contributed by atoms with E-state index in [2.05, 4.69) is 0 Å². The van der Waals surface area contributed by atoms with Crippen molar-refractivity contribution >= 4 is 7.85 Å². The minimum absolute atomic E-state index is 0.0637. The van der Waals surface area contributed by atoms with Gasteiger partial charge in [0.1, 0.15) is 5.60 Å². The lowest BCUT2D eigenvalue weighted by atomic mass is 9.77. The molecule has 1 unspecified atom stereocenters. The summed E-state index contributed by atoms with van der Waals surface area (Å²) in [5, 5.41) is 0. The van der Waals surface area contributed by atoms with E-state index in [0.29, 0.717) is 19.8 Å². The summed E-state index contributed by atoms with van der Waals surface area (Å²) in [6.07, 6.45) is 0.803. The van der Waals surface area contributed by atoms with Gasteiger partial charge in [-0.1, -0.05) is 5.82 Å². The van der Waals surface area contributed by atoms with Crippen LogP contribution in [0.1, 0.15) is 6.42 Å². The Bertz CT molecular complexity index is 138. The zero-order valence-corrected chi connectivity index (χ0v) is 7.71. The first-order valence-electron chi connectivity index (χ1n) is 4.10. The molecular formula is C8H15BO3. The predicted octanol–water partition coefficient (Wildman–Crippen LogP) is 0.395. The van der Waals surface area contributed by atoms with Gasteiger partial charge in [0.05, 0.1) is 21.1 Å². The minimum Gasteiger partial charge on any atom is -0.382 e. The molecule has 3 nitrogen and oxygen atoms in total. The van der Waals surface area contributed by atoms with Gasteiger partial charge < -0.3 is 14.2 Å². The van der Waals surface area contributed by atoms with Gasteiger partial charge in [-0.15, -0.1) is 0 Å². The number of hydrogen-bond acceptors (Lipinski definition) is 3. The second kappa shape index (κ2) is 4.26. The van der Waals surface area contributed by atoms with Gasteiger partial charge in [0.2, 0.25) is 0 Å². The highest BCUT2D eigenvalue weighted by molar-refractivity contribution is 6.11. The van der Waals surface area contributed by atoms with Crippen molar-refractivity contribution in [2.45, 2.75) is 17.8 Å². The first-order chi connectivity index (χ1) is 5.72. The van der Waals surface area contributed by atoms with Crippen LogP contribution < -0.4 is 0 Å². The summed E-state index contributed by atoms with van der Waals surface area (Å²) in [5.74, 6) is 0.0637. The maximum atomic E-state index is 5.76. The summed E-state index contributed by atoms with van der Waals surface area (Å²) in [5.41, 5.74) is -0.327. The van der Waals surface area contributed by atoms with Gasteiger partial charge in [-0.3, -0.25) is 0 Å². The second-order valence-corrected chi connectivity index (χ2v) is 3.30. The Morgan fingerprint density at radius 1 is 1.58 bits per heavy atom. The average molecular weight is 170 g/mol. The Morgan fingerprint density at radius 2 is 2.33 bits per heavy atom. The van der Waals surface area contributed by atoms with Gasteiger partial charge in [-0.25, -0.2) is 0 Å². The van der Waals surface area contributed by atoms with Crippen LogP contribution in [0.2, 0.25) is 5.82 Å². The number of rotatable bonds is 3. The van der Waals surface area contributed by atoms with Crippen LogP contribution in [0, 0.1) is 0 Å². The highest BCUT2D eigenvalue weighted by Gasteiger charge is 2.35. The van der Waals surface area contributed by atoms with Gasteiger partial charge in [-0.05, 0) is 6.42 Å². The summed E-state index contributed by atoms with van der Waals surface area (Å²) in [4.78, 5) is 0. The first-order valence-corrected chi connectivity index (χ1v) is 4.10. The predicted molar refractivity (Wildman–Crippen MR) is 46.6 cm³/mol. The number of hydrogen-bond donors (Lipinski definition) is 0. The number of methoxy groups -OCH3 is 2. The molecule has 0 aromatic heterocycles. The fourth-order valence-electron chi connectivity index (χ4n) is 1.56. The molecule has 2 radical (unpaired) electrons. The van der Waals surface area contributed by atoms with Gasteiger partial charge in [-0.2, -0.15) is 0 Å². The van der Waals surface area contributed by atoms with Gasteiger partial charge in [0, 0.05) is 20.8 Å². The quantitative estimate of drug-likeness (QED) is 0.573. The third kappa shape index (κ3) is 2.22. The molecule has 0 aromatic rings. The molecular weight excluding hydrogens is 155 g/mol. The van der Waals surface area contributed by atoms with Crippen LogP contribution in [0.5, 0.6) is 0 Å². The second-order valence-electron chi connectivity index (χ2n) is 3.30. The van der Waals surface area contributed by atoms with Crippen molar-refractivity contribution < 1.29 is 14.2 Å². The van der Waals surface area contributed by atoms with E-state index < -0.39 is 0 Å². The van der Waals surface area contributed by atoms with Crippen molar-refractivity contribution in [2.24, 2.45) is 0 Å². The lowest BCUT2D eigenvalue weighted by Gasteiger charge is -2.38. The molecule has 0 aromatic carbocycles. The highest BCUT2D eigenvalue weighted by atomic mass is 16.6. The standard InChI is InChI=1S/C8H15BO3/c1-10-5-8(11-2)3-7(9)4-12-6-8/h7H,3-6H2,1-2H3/t7-,8?/m1/s1. The van der Waals surface area contributed by atoms with Gasteiger partial charge >= 0.3 is 0 Å². The molecule has 0 bridgehead atoms. The Morgan fingerprint density at radius 3 is 2.83 bits per heavy atom. The molecule has 1 rings (SSSR count). The van der Waals surface area contributed by atoms with E-state index >= 15 is 0 Å². The van der Waals surface area contributed by atoms with E-state index in [-0.39, 0.29) is 11.4 Å². The minimum atomic E-state index is -0.327.